The molecule has 0 saturated carbocycles. The fraction of sp³-hybridized carbons (Fsp3) is 0.125. The van der Waals surface area contributed by atoms with E-state index in [1.165, 1.54) is 25.1 Å². The van der Waals surface area contributed by atoms with Gasteiger partial charge in [0.15, 0.2) is 6.10 Å². The van der Waals surface area contributed by atoms with Crippen LogP contribution in [0.25, 0.3) is 0 Å². The lowest BCUT2D eigenvalue weighted by Crippen LogP contribution is -2.24. The Labute approximate surface area is 140 Å². The number of phenolic OH excluding ortho intramolecular Hbond substituents is 1. The van der Waals surface area contributed by atoms with E-state index in [0.29, 0.717) is 15.1 Å². The maximum Gasteiger partial charge on any atom is 0.342 e. The molecule has 1 atom stereocenters. The summed E-state index contributed by atoms with van der Waals surface area (Å²) in [6.07, 6.45) is -0.996. The van der Waals surface area contributed by atoms with Gasteiger partial charge < -0.3 is 9.84 Å². The summed E-state index contributed by atoms with van der Waals surface area (Å²) in [5.41, 5.74) is 0.339. The van der Waals surface area contributed by atoms with Crippen molar-refractivity contribution in [1.29, 1.82) is 0 Å². The number of phenols is 1. The van der Waals surface area contributed by atoms with E-state index in [2.05, 4.69) is 15.9 Å². The molecule has 2 aromatic rings. The quantitative estimate of drug-likeness (QED) is 0.634. The molecular weight excluding hydrogens is 372 g/mol. The highest BCUT2D eigenvalue weighted by Gasteiger charge is 2.22. The Morgan fingerprint density at radius 1 is 1.23 bits per heavy atom. The monoisotopic (exact) mass is 382 g/mol. The first kappa shape index (κ1) is 16.5. The number of aromatic hydroxyl groups is 1. The topological polar surface area (TPSA) is 63.6 Å². The second-order valence-corrected chi connectivity index (χ2v) is 5.94. The van der Waals surface area contributed by atoms with Crippen LogP contribution in [0.3, 0.4) is 0 Å². The third kappa shape index (κ3) is 3.87. The molecule has 0 bridgehead atoms. The van der Waals surface area contributed by atoms with Gasteiger partial charge in [0, 0.05) is 15.1 Å². The first-order valence-electron chi connectivity index (χ1n) is 6.38. The summed E-state index contributed by atoms with van der Waals surface area (Å²) in [4.78, 5) is 24.3. The minimum absolute atomic E-state index is 0.0138. The van der Waals surface area contributed by atoms with E-state index in [4.69, 9.17) is 16.3 Å². The van der Waals surface area contributed by atoms with Crippen LogP contribution in [0.15, 0.2) is 46.9 Å². The van der Waals surface area contributed by atoms with Crippen molar-refractivity contribution in [1.82, 2.24) is 0 Å². The predicted molar refractivity (Wildman–Crippen MR) is 86.5 cm³/mol. The van der Waals surface area contributed by atoms with Gasteiger partial charge in [-0.25, -0.2) is 4.79 Å². The molecule has 1 N–H and O–H groups in total. The second kappa shape index (κ2) is 6.94. The lowest BCUT2D eigenvalue weighted by atomic mass is 10.1. The molecule has 0 saturated heterocycles. The van der Waals surface area contributed by atoms with Gasteiger partial charge in [-0.3, -0.25) is 4.79 Å². The van der Waals surface area contributed by atoms with Crippen molar-refractivity contribution in [3.05, 3.63) is 63.1 Å². The molecule has 0 amide bonds. The van der Waals surface area contributed by atoms with Crippen LogP contribution >= 0.6 is 27.5 Å². The van der Waals surface area contributed by atoms with Crippen LogP contribution in [-0.4, -0.2) is 23.0 Å². The van der Waals surface area contributed by atoms with E-state index in [9.17, 15) is 14.7 Å². The lowest BCUT2D eigenvalue weighted by Gasteiger charge is -2.13. The fourth-order valence-corrected chi connectivity index (χ4v) is 2.38. The van der Waals surface area contributed by atoms with Crippen LogP contribution in [0.5, 0.6) is 5.75 Å². The minimum Gasteiger partial charge on any atom is -0.507 e. The zero-order chi connectivity index (χ0) is 16.3. The molecule has 0 aromatic heterocycles. The first-order valence-corrected chi connectivity index (χ1v) is 7.55. The zero-order valence-electron chi connectivity index (χ0n) is 11.5. The number of Topliss-reactive ketones (excluding diaryl/α,β-unsaturated/α-hetero) is 1. The molecule has 114 valence electrons. The molecule has 0 spiro atoms. The van der Waals surface area contributed by atoms with Gasteiger partial charge in [0.05, 0.1) is 0 Å². The Morgan fingerprint density at radius 3 is 2.64 bits per heavy atom. The van der Waals surface area contributed by atoms with Gasteiger partial charge >= 0.3 is 5.97 Å². The summed E-state index contributed by atoms with van der Waals surface area (Å²) in [6, 6.07) is 10.8. The number of ether oxygens (including phenoxy) is 1. The van der Waals surface area contributed by atoms with Crippen molar-refractivity contribution in [2.45, 2.75) is 13.0 Å². The molecule has 0 heterocycles. The standard InChI is InChI=1S/C16H12BrClO4/c1-9(15(20)10-3-2-4-12(18)7-10)22-16(21)13-8-11(17)5-6-14(13)19/h2-9,19H,1H3. The van der Waals surface area contributed by atoms with Gasteiger partial charge in [0.25, 0.3) is 0 Å². The van der Waals surface area contributed by atoms with Crippen LogP contribution in [0.2, 0.25) is 5.02 Å². The molecule has 0 aliphatic rings. The normalized spacial score (nSPS) is 11.8. The van der Waals surface area contributed by atoms with E-state index in [0.717, 1.165) is 0 Å². The van der Waals surface area contributed by atoms with E-state index in [1.54, 1.807) is 24.3 Å². The minimum atomic E-state index is -0.996. The molecule has 6 heteroatoms. The van der Waals surface area contributed by atoms with Crippen LogP contribution in [-0.2, 0) is 4.74 Å². The van der Waals surface area contributed by atoms with Gasteiger partial charge in [0.1, 0.15) is 11.3 Å². The Morgan fingerprint density at radius 2 is 1.95 bits per heavy atom. The van der Waals surface area contributed by atoms with E-state index in [-0.39, 0.29) is 17.1 Å². The second-order valence-electron chi connectivity index (χ2n) is 4.58. The molecule has 0 aliphatic heterocycles. The number of benzene rings is 2. The third-order valence-corrected chi connectivity index (χ3v) is 3.67. The fourth-order valence-electron chi connectivity index (χ4n) is 1.83. The number of carbonyl (C=O) groups is 2. The number of hydrogen-bond acceptors (Lipinski definition) is 4. The summed E-state index contributed by atoms with van der Waals surface area (Å²) < 4.78 is 5.73. The molecule has 2 rings (SSSR count). The largest absolute Gasteiger partial charge is 0.507 e. The van der Waals surface area contributed by atoms with Gasteiger partial charge in [-0.05, 0) is 37.3 Å². The smallest absolute Gasteiger partial charge is 0.342 e. The molecule has 22 heavy (non-hydrogen) atoms. The van der Waals surface area contributed by atoms with E-state index in [1.807, 2.05) is 0 Å². The number of hydrogen-bond donors (Lipinski definition) is 1. The van der Waals surface area contributed by atoms with Crippen LogP contribution in [0.4, 0.5) is 0 Å². The lowest BCUT2D eigenvalue weighted by molar-refractivity contribution is 0.0316. The van der Waals surface area contributed by atoms with Crippen molar-refractivity contribution in [2.24, 2.45) is 0 Å². The van der Waals surface area contributed by atoms with Crippen LogP contribution in [0.1, 0.15) is 27.6 Å². The predicted octanol–water partition coefficient (Wildman–Crippen LogP) is 4.24. The number of rotatable bonds is 4. The van der Waals surface area contributed by atoms with Crippen LogP contribution < -0.4 is 0 Å². The van der Waals surface area contributed by atoms with Gasteiger partial charge in [0.2, 0.25) is 5.78 Å². The average Bonchev–Trinajstić information content (AvgIpc) is 2.48. The van der Waals surface area contributed by atoms with Crippen molar-refractivity contribution < 1.29 is 19.4 Å². The number of carbonyl (C=O) groups excluding carboxylic acids is 2. The highest BCUT2D eigenvalue weighted by molar-refractivity contribution is 9.10. The van der Waals surface area contributed by atoms with Gasteiger partial charge in [-0.1, -0.05) is 39.7 Å². The Bertz CT molecular complexity index is 730. The molecule has 4 nitrogen and oxygen atoms in total. The summed E-state index contributed by atoms with van der Waals surface area (Å²) in [5.74, 6) is -1.36. The summed E-state index contributed by atoms with van der Waals surface area (Å²) >= 11 is 9.04. The third-order valence-electron chi connectivity index (χ3n) is 2.94. The first-order chi connectivity index (χ1) is 10.4. The van der Waals surface area contributed by atoms with Gasteiger partial charge in [-0.2, -0.15) is 0 Å². The average molecular weight is 384 g/mol. The van der Waals surface area contributed by atoms with Crippen molar-refractivity contribution in [2.75, 3.05) is 0 Å². The maximum absolute atomic E-state index is 12.2. The molecule has 0 aliphatic carbocycles. The molecule has 2 aromatic carbocycles. The Kier molecular flexibility index (Phi) is 5.21. The van der Waals surface area contributed by atoms with Gasteiger partial charge in [-0.15, -0.1) is 0 Å². The number of ketones is 1. The highest BCUT2D eigenvalue weighted by Crippen LogP contribution is 2.23. The SMILES string of the molecule is CC(OC(=O)c1cc(Br)ccc1O)C(=O)c1cccc(Cl)c1. The Hall–Kier alpha value is -1.85. The summed E-state index contributed by atoms with van der Waals surface area (Å²) in [6.45, 7) is 1.47. The summed E-state index contributed by atoms with van der Waals surface area (Å²) in [7, 11) is 0. The Balaban J connectivity index is 2.14. The van der Waals surface area contributed by atoms with Crippen molar-refractivity contribution >= 4 is 39.3 Å². The molecule has 0 fully saturated rings. The summed E-state index contributed by atoms with van der Waals surface area (Å²) in [5, 5.41) is 10.1. The van der Waals surface area contributed by atoms with E-state index >= 15 is 0 Å². The zero-order valence-corrected chi connectivity index (χ0v) is 13.9. The molecular formula is C16H12BrClO4. The number of halogens is 2. The van der Waals surface area contributed by atoms with E-state index < -0.39 is 12.1 Å². The highest BCUT2D eigenvalue weighted by atomic mass is 79.9. The van der Waals surface area contributed by atoms with Crippen molar-refractivity contribution in [3.63, 3.8) is 0 Å². The van der Waals surface area contributed by atoms with Crippen molar-refractivity contribution in [3.8, 4) is 5.75 Å². The maximum atomic E-state index is 12.2. The molecule has 0 radical (unpaired) electrons. The number of esters is 1. The van der Waals surface area contributed by atoms with Crippen LogP contribution in [0, 0.1) is 0 Å². The molecule has 1 unspecified atom stereocenters.